The van der Waals surface area contributed by atoms with Crippen molar-refractivity contribution >= 4 is 23.9 Å². The highest BCUT2D eigenvalue weighted by Crippen LogP contribution is 2.17. The van der Waals surface area contributed by atoms with Crippen LogP contribution in [0.4, 0.5) is 0 Å². The van der Waals surface area contributed by atoms with E-state index in [1.165, 1.54) is 13.2 Å². The van der Waals surface area contributed by atoms with Crippen LogP contribution in [0.15, 0.2) is 60.3 Å². The second kappa shape index (κ2) is 9.03. The van der Waals surface area contributed by atoms with E-state index in [1.54, 1.807) is 48.5 Å². The molecule has 26 heavy (non-hydrogen) atoms. The molecule has 134 valence electrons. The summed E-state index contributed by atoms with van der Waals surface area (Å²) in [5, 5.41) is 13.5. The third-order valence-electron chi connectivity index (χ3n) is 3.36. The molecule has 2 rings (SSSR count). The first-order valence-corrected chi connectivity index (χ1v) is 7.72. The first-order valence-electron chi connectivity index (χ1n) is 7.72. The molecule has 2 aromatic carbocycles. The molecule has 0 saturated carbocycles. The van der Waals surface area contributed by atoms with E-state index in [2.05, 4.69) is 10.6 Å². The van der Waals surface area contributed by atoms with Crippen LogP contribution in [0.25, 0.3) is 6.08 Å². The maximum Gasteiger partial charge on any atom is 0.322 e. The maximum atomic E-state index is 12.5. The van der Waals surface area contributed by atoms with Crippen molar-refractivity contribution in [3.63, 3.8) is 0 Å². The van der Waals surface area contributed by atoms with E-state index in [-0.39, 0.29) is 11.3 Å². The fraction of sp³-hybridized carbons (Fsp3) is 0.105. The van der Waals surface area contributed by atoms with Crippen LogP contribution < -0.4 is 15.4 Å². The second-order valence-corrected chi connectivity index (χ2v) is 5.20. The summed E-state index contributed by atoms with van der Waals surface area (Å²) in [5.41, 5.74) is 0.849. The van der Waals surface area contributed by atoms with Crippen molar-refractivity contribution in [2.45, 2.75) is 0 Å². The summed E-state index contributed by atoms with van der Waals surface area (Å²) >= 11 is 0. The van der Waals surface area contributed by atoms with Gasteiger partial charge in [-0.15, -0.1) is 0 Å². The number of carboxylic acids is 1. The molecule has 0 saturated heterocycles. The van der Waals surface area contributed by atoms with Gasteiger partial charge in [-0.1, -0.05) is 42.5 Å². The lowest BCUT2D eigenvalue weighted by molar-refractivity contribution is -0.137. The molecule has 0 unspecified atom stereocenters. The fourth-order valence-electron chi connectivity index (χ4n) is 2.15. The van der Waals surface area contributed by atoms with E-state index >= 15 is 0 Å². The zero-order valence-electron chi connectivity index (χ0n) is 14.1. The van der Waals surface area contributed by atoms with Gasteiger partial charge in [0.25, 0.3) is 11.8 Å². The number of ether oxygens (including phenoxy) is 1. The van der Waals surface area contributed by atoms with Crippen molar-refractivity contribution in [2.24, 2.45) is 0 Å². The Labute approximate surface area is 150 Å². The zero-order chi connectivity index (χ0) is 18.9. The molecule has 2 amide bonds. The molecule has 0 aliphatic rings. The lowest BCUT2D eigenvalue weighted by Crippen LogP contribution is -2.37. The summed E-state index contributed by atoms with van der Waals surface area (Å²) < 4.78 is 5.15. The van der Waals surface area contributed by atoms with Crippen molar-refractivity contribution in [3.8, 4) is 5.75 Å². The summed E-state index contributed by atoms with van der Waals surface area (Å²) in [6.45, 7) is -0.560. The number of methoxy groups -OCH3 is 1. The molecule has 0 spiro atoms. The number of nitrogens with one attached hydrogen (secondary N) is 2. The predicted octanol–water partition coefficient (Wildman–Crippen LogP) is 1.67. The molecule has 2 aromatic rings. The van der Waals surface area contributed by atoms with E-state index in [0.29, 0.717) is 11.3 Å². The largest absolute Gasteiger partial charge is 0.496 e. The Morgan fingerprint density at radius 2 is 1.69 bits per heavy atom. The number of amides is 2. The molecule has 0 aromatic heterocycles. The minimum absolute atomic E-state index is 0.0756. The van der Waals surface area contributed by atoms with E-state index in [4.69, 9.17) is 9.84 Å². The van der Waals surface area contributed by atoms with Crippen molar-refractivity contribution in [3.05, 3.63) is 71.4 Å². The van der Waals surface area contributed by atoms with Gasteiger partial charge in [-0.3, -0.25) is 14.4 Å². The molecule has 0 atom stereocenters. The number of para-hydroxylation sites is 1. The van der Waals surface area contributed by atoms with Crippen LogP contribution in [0.1, 0.15) is 15.9 Å². The SMILES string of the molecule is COc1ccccc1C(=O)N/C(=C/c1ccccc1)C(=O)NCC(=O)O. The van der Waals surface area contributed by atoms with Crippen LogP contribution in [0.2, 0.25) is 0 Å². The van der Waals surface area contributed by atoms with Crippen molar-refractivity contribution < 1.29 is 24.2 Å². The van der Waals surface area contributed by atoms with Crippen LogP contribution >= 0.6 is 0 Å². The Balaban J connectivity index is 2.28. The van der Waals surface area contributed by atoms with Gasteiger partial charge in [-0.2, -0.15) is 0 Å². The standard InChI is InChI=1S/C19H18N2O5/c1-26-16-10-6-5-9-14(16)18(24)21-15(19(25)20-12-17(22)23)11-13-7-3-2-4-8-13/h2-11H,12H2,1H3,(H,20,25)(H,21,24)(H,22,23)/b15-11+. The third-order valence-corrected chi connectivity index (χ3v) is 3.36. The van der Waals surface area contributed by atoms with Crippen molar-refractivity contribution in [2.75, 3.05) is 13.7 Å². The summed E-state index contributed by atoms with van der Waals surface area (Å²) in [6, 6.07) is 15.4. The third kappa shape index (κ3) is 5.20. The summed E-state index contributed by atoms with van der Waals surface area (Å²) in [4.78, 5) is 35.5. The highest BCUT2D eigenvalue weighted by Gasteiger charge is 2.17. The molecule has 7 nitrogen and oxygen atoms in total. The van der Waals surface area contributed by atoms with Gasteiger partial charge in [0.1, 0.15) is 18.0 Å². The number of carboxylic acid groups (broad SMARTS) is 1. The van der Waals surface area contributed by atoms with E-state index < -0.39 is 24.3 Å². The van der Waals surface area contributed by atoms with Crippen LogP contribution in [0.3, 0.4) is 0 Å². The number of carbonyl (C=O) groups is 3. The minimum atomic E-state index is -1.19. The topological polar surface area (TPSA) is 105 Å². The van der Waals surface area contributed by atoms with Gasteiger partial charge in [0.15, 0.2) is 0 Å². The first-order chi connectivity index (χ1) is 12.5. The monoisotopic (exact) mass is 354 g/mol. The first kappa shape index (κ1) is 18.7. The molecule has 7 heteroatoms. The molecule has 0 radical (unpaired) electrons. The molecule has 0 aliphatic heterocycles. The normalized spacial score (nSPS) is 10.7. The van der Waals surface area contributed by atoms with Crippen molar-refractivity contribution in [1.82, 2.24) is 10.6 Å². The van der Waals surface area contributed by atoms with Crippen LogP contribution in [-0.4, -0.2) is 36.5 Å². The highest BCUT2D eigenvalue weighted by atomic mass is 16.5. The lowest BCUT2D eigenvalue weighted by Gasteiger charge is -2.12. The minimum Gasteiger partial charge on any atom is -0.496 e. The Bertz CT molecular complexity index is 831. The Hall–Kier alpha value is -3.61. The summed E-state index contributed by atoms with van der Waals surface area (Å²) in [6.07, 6.45) is 1.46. The molecule has 3 N–H and O–H groups in total. The Kier molecular flexibility index (Phi) is 6.50. The number of hydrogen-bond donors (Lipinski definition) is 3. The fourth-order valence-corrected chi connectivity index (χ4v) is 2.15. The van der Waals surface area contributed by atoms with Gasteiger partial charge in [-0.25, -0.2) is 0 Å². The predicted molar refractivity (Wildman–Crippen MR) is 95.5 cm³/mol. The number of rotatable bonds is 7. The van der Waals surface area contributed by atoms with Gasteiger partial charge in [0.05, 0.1) is 12.7 Å². The molecular weight excluding hydrogens is 336 g/mol. The van der Waals surface area contributed by atoms with Crippen molar-refractivity contribution in [1.29, 1.82) is 0 Å². The second-order valence-electron chi connectivity index (χ2n) is 5.20. The number of aliphatic carboxylic acids is 1. The average molecular weight is 354 g/mol. The quantitative estimate of drug-likeness (QED) is 0.656. The molecule has 0 fully saturated rings. The van der Waals surface area contributed by atoms with Crippen LogP contribution in [0.5, 0.6) is 5.75 Å². The molecule has 0 bridgehead atoms. The smallest absolute Gasteiger partial charge is 0.322 e. The van der Waals surface area contributed by atoms with E-state index in [0.717, 1.165) is 0 Å². The van der Waals surface area contributed by atoms with Crippen LogP contribution in [0, 0.1) is 0 Å². The average Bonchev–Trinajstić information content (AvgIpc) is 2.66. The van der Waals surface area contributed by atoms with Gasteiger partial charge in [0, 0.05) is 0 Å². The highest BCUT2D eigenvalue weighted by molar-refractivity contribution is 6.06. The number of carbonyl (C=O) groups excluding carboxylic acids is 2. The van der Waals surface area contributed by atoms with E-state index in [9.17, 15) is 14.4 Å². The Morgan fingerprint density at radius 1 is 1.04 bits per heavy atom. The number of benzene rings is 2. The van der Waals surface area contributed by atoms with Gasteiger partial charge < -0.3 is 20.5 Å². The van der Waals surface area contributed by atoms with Gasteiger partial charge in [0.2, 0.25) is 0 Å². The van der Waals surface area contributed by atoms with Gasteiger partial charge in [-0.05, 0) is 23.8 Å². The lowest BCUT2D eigenvalue weighted by atomic mass is 10.1. The summed E-state index contributed by atoms with van der Waals surface area (Å²) in [5.74, 6) is -2.09. The molecule has 0 heterocycles. The molecular formula is C19H18N2O5. The van der Waals surface area contributed by atoms with Gasteiger partial charge >= 0.3 is 5.97 Å². The Morgan fingerprint density at radius 3 is 2.35 bits per heavy atom. The maximum absolute atomic E-state index is 12.5. The summed E-state index contributed by atoms with van der Waals surface area (Å²) in [7, 11) is 1.44. The van der Waals surface area contributed by atoms with E-state index in [1.807, 2.05) is 6.07 Å². The molecule has 0 aliphatic carbocycles. The number of hydrogen-bond acceptors (Lipinski definition) is 4. The zero-order valence-corrected chi connectivity index (χ0v) is 14.1. The van der Waals surface area contributed by atoms with Crippen LogP contribution in [-0.2, 0) is 9.59 Å².